The van der Waals surface area contributed by atoms with Crippen LogP contribution >= 0.6 is 11.8 Å². The van der Waals surface area contributed by atoms with Crippen LogP contribution in [0.1, 0.15) is 21.5 Å². The molecule has 0 spiro atoms. The highest BCUT2D eigenvalue weighted by Crippen LogP contribution is 2.44. The molecule has 38 heavy (non-hydrogen) atoms. The summed E-state index contributed by atoms with van der Waals surface area (Å²) in [6.07, 6.45) is 2.98. The smallest absolute Gasteiger partial charge is 0.203 e. The second kappa shape index (κ2) is 10.6. The molecule has 4 nitrogen and oxygen atoms in total. The Balaban J connectivity index is 1.33. The highest BCUT2D eigenvalue weighted by molar-refractivity contribution is 7.99. The maximum absolute atomic E-state index is 14.0. The maximum atomic E-state index is 14.0. The average molecular weight is 538 g/mol. The number of fused-ring (bicyclic) bond motifs is 2. The Morgan fingerprint density at radius 2 is 1.63 bits per heavy atom. The van der Waals surface area contributed by atoms with Gasteiger partial charge in [-0.15, -0.1) is 0 Å². The number of ether oxygens (including phenoxy) is 2. The molecule has 1 aliphatic rings. The zero-order chi connectivity index (χ0) is 26.8. The first-order valence-corrected chi connectivity index (χ1v) is 12.2. The second-order valence-electron chi connectivity index (χ2n) is 8.29. The van der Waals surface area contributed by atoms with E-state index < -0.39 is 35.6 Å². The van der Waals surface area contributed by atoms with Crippen LogP contribution in [-0.2, 0) is 6.61 Å². The van der Waals surface area contributed by atoms with E-state index in [-0.39, 0.29) is 11.8 Å². The lowest BCUT2D eigenvalue weighted by Crippen LogP contribution is -2.05. The largest absolute Gasteiger partial charge is 0.496 e. The number of para-hydroxylation sites is 1. The van der Waals surface area contributed by atoms with Gasteiger partial charge >= 0.3 is 0 Å². The quantitative estimate of drug-likeness (QED) is 0.0989. The van der Waals surface area contributed by atoms with Crippen molar-refractivity contribution in [3.05, 3.63) is 113 Å². The van der Waals surface area contributed by atoms with E-state index in [9.17, 15) is 22.4 Å². The van der Waals surface area contributed by atoms with Crippen molar-refractivity contribution in [1.82, 2.24) is 0 Å². The Bertz CT molecular complexity index is 1560. The minimum atomic E-state index is -1.63. The van der Waals surface area contributed by atoms with Crippen LogP contribution in [0.25, 0.3) is 6.08 Å². The molecule has 0 aromatic heterocycles. The number of halogens is 4. The molecule has 1 aliphatic heterocycles. The van der Waals surface area contributed by atoms with Crippen LogP contribution in [0.5, 0.6) is 11.5 Å². The first-order valence-electron chi connectivity index (χ1n) is 11.4. The van der Waals surface area contributed by atoms with E-state index in [0.29, 0.717) is 22.4 Å². The van der Waals surface area contributed by atoms with Gasteiger partial charge in [0.2, 0.25) is 11.6 Å². The topological polar surface area (TPSA) is 47.6 Å². The summed E-state index contributed by atoms with van der Waals surface area (Å²) in [6.45, 7) is -0.439. The normalized spacial score (nSPS) is 12.0. The summed E-state index contributed by atoms with van der Waals surface area (Å²) in [6, 6.07) is 18.3. The fourth-order valence-electron chi connectivity index (χ4n) is 3.90. The molecule has 0 fully saturated rings. The fraction of sp³-hybridized carbons (Fsp3) is 0.0690. The van der Waals surface area contributed by atoms with Crippen LogP contribution in [0, 0.1) is 23.3 Å². The van der Waals surface area contributed by atoms with E-state index in [2.05, 4.69) is 5.32 Å². The Morgan fingerprint density at radius 3 is 2.39 bits per heavy atom. The third-order valence-corrected chi connectivity index (χ3v) is 6.97. The lowest BCUT2D eigenvalue weighted by atomic mass is 10.1. The van der Waals surface area contributed by atoms with Crippen molar-refractivity contribution in [2.24, 2.45) is 0 Å². The molecule has 0 atom stereocenters. The highest BCUT2D eigenvalue weighted by atomic mass is 32.2. The highest BCUT2D eigenvalue weighted by Gasteiger charge is 2.21. The predicted molar refractivity (Wildman–Crippen MR) is 137 cm³/mol. The Labute approximate surface area is 219 Å². The number of carbonyl (C=O) groups is 1. The van der Waals surface area contributed by atoms with Gasteiger partial charge in [-0.05, 0) is 54.1 Å². The molecule has 0 amide bonds. The van der Waals surface area contributed by atoms with Crippen molar-refractivity contribution < 1.29 is 31.8 Å². The zero-order valence-electron chi connectivity index (χ0n) is 19.9. The number of methoxy groups -OCH3 is 1. The molecule has 4 aromatic carbocycles. The number of carbonyl (C=O) groups excluding carboxylic acids is 1. The molecule has 0 radical (unpaired) electrons. The number of hydrogen-bond acceptors (Lipinski definition) is 5. The summed E-state index contributed by atoms with van der Waals surface area (Å²) in [4.78, 5) is 15.0. The van der Waals surface area contributed by atoms with Gasteiger partial charge in [0.1, 0.15) is 12.4 Å². The van der Waals surface area contributed by atoms with Gasteiger partial charge in [0.05, 0.1) is 18.5 Å². The fourth-order valence-corrected chi connectivity index (χ4v) is 4.87. The van der Waals surface area contributed by atoms with Gasteiger partial charge in [0, 0.05) is 27.0 Å². The number of rotatable bonds is 7. The molecule has 5 rings (SSSR count). The van der Waals surface area contributed by atoms with Gasteiger partial charge in [-0.3, -0.25) is 4.79 Å². The minimum absolute atomic E-state index is 0.108. The summed E-state index contributed by atoms with van der Waals surface area (Å²) >= 11 is 1.62. The Hall–Kier alpha value is -4.24. The third-order valence-electron chi connectivity index (χ3n) is 5.82. The number of nitrogens with one attached hydrogen (secondary N) is 1. The summed E-state index contributed by atoms with van der Waals surface area (Å²) in [5, 5.41) is 3.35. The van der Waals surface area contributed by atoms with Gasteiger partial charge in [-0.25, -0.2) is 8.78 Å². The number of ketones is 1. The van der Waals surface area contributed by atoms with E-state index >= 15 is 0 Å². The number of allylic oxidation sites excluding steroid dienone is 1. The Morgan fingerprint density at radius 1 is 0.895 bits per heavy atom. The van der Waals surface area contributed by atoms with E-state index in [1.54, 1.807) is 48.2 Å². The van der Waals surface area contributed by atoms with Crippen molar-refractivity contribution in [1.29, 1.82) is 0 Å². The van der Waals surface area contributed by atoms with Crippen molar-refractivity contribution in [3.8, 4) is 11.5 Å². The summed E-state index contributed by atoms with van der Waals surface area (Å²) < 4.78 is 65.3. The summed E-state index contributed by atoms with van der Waals surface area (Å²) in [5.41, 5.74) is 3.22. The van der Waals surface area contributed by atoms with Gasteiger partial charge in [-0.1, -0.05) is 36.0 Å². The van der Waals surface area contributed by atoms with Crippen LogP contribution in [0.2, 0.25) is 0 Å². The molecule has 0 bridgehead atoms. The van der Waals surface area contributed by atoms with E-state index in [1.807, 2.05) is 30.3 Å². The monoisotopic (exact) mass is 537 g/mol. The molecule has 4 aromatic rings. The Kier molecular flexibility index (Phi) is 7.11. The molecule has 1 heterocycles. The van der Waals surface area contributed by atoms with Crippen LogP contribution in [-0.4, -0.2) is 12.9 Å². The van der Waals surface area contributed by atoms with E-state index in [1.165, 1.54) is 13.2 Å². The summed E-state index contributed by atoms with van der Waals surface area (Å²) in [5.74, 6) is -7.47. The number of benzene rings is 4. The van der Waals surface area contributed by atoms with Crippen LogP contribution in [0.4, 0.5) is 28.9 Å². The average Bonchev–Trinajstić information content (AvgIpc) is 2.93. The van der Waals surface area contributed by atoms with Gasteiger partial charge < -0.3 is 14.8 Å². The predicted octanol–water partition coefficient (Wildman–Crippen LogP) is 7.93. The van der Waals surface area contributed by atoms with E-state index in [4.69, 9.17) is 9.47 Å². The molecule has 0 aliphatic carbocycles. The molecule has 0 saturated heterocycles. The molecular weight excluding hydrogens is 518 g/mol. The summed E-state index contributed by atoms with van der Waals surface area (Å²) in [7, 11) is 1.39. The van der Waals surface area contributed by atoms with E-state index in [0.717, 1.165) is 21.2 Å². The first-order chi connectivity index (χ1) is 18.3. The SMILES string of the molecule is COc1ccc(/C=C/C(=O)c2ccc3c(c2)Nc2ccccc2S3)cc1COc1c(F)c(F)cc(F)c1F. The zero-order valence-corrected chi connectivity index (χ0v) is 20.7. The van der Waals surface area contributed by atoms with Crippen LogP contribution in [0.3, 0.4) is 0 Å². The number of anilines is 2. The van der Waals surface area contributed by atoms with Crippen molar-refractivity contribution in [2.75, 3.05) is 12.4 Å². The molecule has 192 valence electrons. The molecule has 9 heteroatoms. The van der Waals surface area contributed by atoms with Crippen molar-refractivity contribution >= 4 is 35.0 Å². The molecular formula is C29H19F4NO3S. The van der Waals surface area contributed by atoms with Gasteiger partial charge in [0.15, 0.2) is 23.2 Å². The second-order valence-corrected chi connectivity index (χ2v) is 9.37. The minimum Gasteiger partial charge on any atom is -0.496 e. The van der Waals surface area contributed by atoms with Crippen molar-refractivity contribution in [3.63, 3.8) is 0 Å². The van der Waals surface area contributed by atoms with Gasteiger partial charge in [0.25, 0.3) is 0 Å². The molecule has 0 unspecified atom stereocenters. The lowest BCUT2D eigenvalue weighted by Gasteiger charge is -2.20. The first kappa shape index (κ1) is 25.4. The lowest BCUT2D eigenvalue weighted by molar-refractivity contribution is 0.104. The standard InChI is InChI=1S/C29H19F4NO3S/c1-36-24-10-7-16(12-18(24)15-37-29-27(32)19(30)14-20(31)28(29)33)6-9-23(35)17-8-11-26-22(13-17)34-21-4-2-3-5-25(21)38-26/h2-14,34H,15H2,1H3/b9-6+. The van der Waals surface area contributed by atoms with Crippen molar-refractivity contribution in [2.45, 2.75) is 16.4 Å². The van der Waals surface area contributed by atoms with Gasteiger partial charge in [-0.2, -0.15) is 8.78 Å². The maximum Gasteiger partial charge on any atom is 0.203 e. The van der Waals surface area contributed by atoms with Crippen LogP contribution < -0.4 is 14.8 Å². The van der Waals surface area contributed by atoms with Crippen LogP contribution in [0.15, 0.2) is 82.6 Å². The molecule has 1 N–H and O–H groups in total. The number of hydrogen-bond donors (Lipinski definition) is 1. The molecule has 0 saturated carbocycles. The third kappa shape index (κ3) is 5.10.